The molecule has 0 aliphatic heterocycles. The van der Waals surface area contributed by atoms with E-state index in [1.807, 2.05) is 44.4 Å². The van der Waals surface area contributed by atoms with Crippen LogP contribution in [0.1, 0.15) is 30.4 Å². The SMILES string of the molecule is CNC(C(=O)NC(C)c1nc2ccccc2[nH]1)c1cnn(C)c1.Cl.Cl. The largest absolute Gasteiger partial charge is 0.345 e. The van der Waals surface area contributed by atoms with Crippen LogP contribution in [0.5, 0.6) is 0 Å². The molecule has 0 spiro atoms. The summed E-state index contributed by atoms with van der Waals surface area (Å²) in [7, 11) is 3.58. The Balaban J connectivity index is 0.00000156. The molecule has 2 heterocycles. The van der Waals surface area contributed by atoms with Crippen molar-refractivity contribution in [2.45, 2.75) is 19.0 Å². The van der Waals surface area contributed by atoms with E-state index in [-0.39, 0.29) is 36.8 Å². The number of para-hydroxylation sites is 2. The van der Waals surface area contributed by atoms with E-state index in [0.29, 0.717) is 0 Å². The minimum absolute atomic E-state index is 0. The minimum Gasteiger partial charge on any atom is -0.345 e. The summed E-state index contributed by atoms with van der Waals surface area (Å²) >= 11 is 0. The molecule has 9 heteroatoms. The molecule has 2 atom stereocenters. The molecule has 1 amide bonds. The summed E-state index contributed by atoms with van der Waals surface area (Å²) in [5.41, 5.74) is 2.67. The number of imidazole rings is 1. The summed E-state index contributed by atoms with van der Waals surface area (Å²) in [4.78, 5) is 20.3. The molecule has 0 saturated heterocycles. The lowest BCUT2D eigenvalue weighted by Crippen LogP contribution is -2.37. The van der Waals surface area contributed by atoms with Gasteiger partial charge in [-0.2, -0.15) is 5.10 Å². The number of halogens is 2. The second-order valence-corrected chi connectivity index (χ2v) is 5.54. The average molecular weight is 385 g/mol. The number of aryl methyl sites for hydroxylation is 1. The fourth-order valence-corrected chi connectivity index (χ4v) is 2.58. The van der Waals surface area contributed by atoms with Crippen LogP contribution < -0.4 is 10.6 Å². The fraction of sp³-hybridized carbons (Fsp3) is 0.312. The second-order valence-electron chi connectivity index (χ2n) is 5.54. The molecular weight excluding hydrogens is 363 g/mol. The van der Waals surface area contributed by atoms with Crippen LogP contribution in [-0.2, 0) is 11.8 Å². The molecule has 0 bridgehead atoms. The van der Waals surface area contributed by atoms with Gasteiger partial charge in [-0.1, -0.05) is 12.1 Å². The molecule has 25 heavy (non-hydrogen) atoms. The molecule has 0 saturated carbocycles. The predicted molar refractivity (Wildman–Crippen MR) is 102 cm³/mol. The summed E-state index contributed by atoms with van der Waals surface area (Å²) in [6, 6.07) is 7.13. The molecule has 3 N–H and O–H groups in total. The van der Waals surface area contributed by atoms with Crippen LogP contribution in [0.4, 0.5) is 0 Å². The van der Waals surface area contributed by atoms with Crippen molar-refractivity contribution in [2.75, 3.05) is 7.05 Å². The minimum atomic E-state index is -0.449. The monoisotopic (exact) mass is 384 g/mol. The standard InChI is InChI=1S/C16H20N6O.2ClH/c1-10(15-20-12-6-4-5-7-13(12)21-15)19-16(23)14(17-2)11-8-18-22(3)9-11;;/h4-10,14,17H,1-3H3,(H,19,23)(H,20,21);2*1H. The van der Waals surface area contributed by atoms with Gasteiger partial charge >= 0.3 is 0 Å². The Morgan fingerprint density at radius 1 is 1.28 bits per heavy atom. The third kappa shape index (κ3) is 4.50. The quantitative estimate of drug-likeness (QED) is 0.629. The van der Waals surface area contributed by atoms with E-state index in [0.717, 1.165) is 22.4 Å². The Bertz CT molecular complexity index is 798. The van der Waals surface area contributed by atoms with E-state index >= 15 is 0 Å². The van der Waals surface area contributed by atoms with Crippen molar-refractivity contribution in [3.63, 3.8) is 0 Å². The van der Waals surface area contributed by atoms with Crippen LogP contribution >= 0.6 is 24.8 Å². The molecule has 3 aromatic rings. The smallest absolute Gasteiger partial charge is 0.242 e. The number of aromatic amines is 1. The number of hydrogen-bond acceptors (Lipinski definition) is 4. The van der Waals surface area contributed by atoms with Crippen molar-refractivity contribution >= 4 is 41.8 Å². The zero-order chi connectivity index (χ0) is 16.4. The highest BCUT2D eigenvalue weighted by Gasteiger charge is 2.23. The first-order chi connectivity index (χ1) is 11.1. The van der Waals surface area contributed by atoms with Gasteiger partial charge in [0.25, 0.3) is 0 Å². The summed E-state index contributed by atoms with van der Waals surface area (Å²) in [6.07, 6.45) is 3.51. The second kappa shape index (κ2) is 8.84. The van der Waals surface area contributed by atoms with Crippen molar-refractivity contribution in [1.29, 1.82) is 0 Å². The Labute approximate surface area is 158 Å². The molecule has 1 aromatic carbocycles. The van der Waals surface area contributed by atoms with Gasteiger partial charge in [0.2, 0.25) is 5.91 Å². The Morgan fingerprint density at radius 2 is 2.00 bits per heavy atom. The number of nitrogens with zero attached hydrogens (tertiary/aromatic N) is 3. The van der Waals surface area contributed by atoms with E-state index in [2.05, 4.69) is 25.7 Å². The van der Waals surface area contributed by atoms with Crippen LogP contribution in [-0.4, -0.2) is 32.7 Å². The number of benzene rings is 1. The maximum atomic E-state index is 12.5. The third-order valence-electron chi connectivity index (χ3n) is 3.79. The summed E-state index contributed by atoms with van der Waals surface area (Å²) < 4.78 is 1.68. The summed E-state index contributed by atoms with van der Waals surface area (Å²) in [5.74, 6) is 0.619. The molecule has 136 valence electrons. The molecule has 0 radical (unpaired) electrons. The molecular formula is C16H22Cl2N6O. The van der Waals surface area contributed by atoms with Crippen molar-refractivity contribution in [3.05, 3.63) is 48.0 Å². The molecule has 2 unspecified atom stereocenters. The van der Waals surface area contributed by atoms with E-state index in [1.165, 1.54) is 0 Å². The van der Waals surface area contributed by atoms with Crippen molar-refractivity contribution < 1.29 is 4.79 Å². The first-order valence-corrected chi connectivity index (χ1v) is 7.49. The van der Waals surface area contributed by atoms with Crippen LogP contribution in [0.15, 0.2) is 36.7 Å². The van der Waals surface area contributed by atoms with Gasteiger partial charge in [0, 0.05) is 18.8 Å². The third-order valence-corrected chi connectivity index (χ3v) is 3.79. The van der Waals surface area contributed by atoms with Gasteiger partial charge < -0.3 is 15.6 Å². The van der Waals surface area contributed by atoms with Crippen LogP contribution in [0.25, 0.3) is 11.0 Å². The molecule has 0 aliphatic carbocycles. The normalized spacial score (nSPS) is 12.8. The number of rotatable bonds is 5. The number of carbonyl (C=O) groups excluding carboxylic acids is 1. The topological polar surface area (TPSA) is 87.6 Å². The van der Waals surface area contributed by atoms with Crippen LogP contribution in [0.2, 0.25) is 0 Å². The molecule has 2 aromatic heterocycles. The van der Waals surface area contributed by atoms with Crippen molar-refractivity contribution in [1.82, 2.24) is 30.4 Å². The van der Waals surface area contributed by atoms with Gasteiger partial charge in [-0.3, -0.25) is 9.48 Å². The number of hydrogen-bond donors (Lipinski definition) is 3. The van der Waals surface area contributed by atoms with E-state index in [9.17, 15) is 4.79 Å². The maximum absolute atomic E-state index is 12.5. The molecule has 3 rings (SSSR count). The summed E-state index contributed by atoms with van der Waals surface area (Å²) in [5, 5.41) is 10.1. The van der Waals surface area contributed by atoms with E-state index in [1.54, 1.807) is 17.9 Å². The zero-order valence-electron chi connectivity index (χ0n) is 14.2. The highest BCUT2D eigenvalue weighted by molar-refractivity contribution is 5.85. The number of nitrogens with one attached hydrogen (secondary N) is 3. The number of fused-ring (bicyclic) bond motifs is 1. The van der Waals surface area contributed by atoms with Gasteiger partial charge in [-0.25, -0.2) is 4.98 Å². The number of H-pyrrole nitrogens is 1. The Hall–Kier alpha value is -2.09. The van der Waals surface area contributed by atoms with Gasteiger partial charge in [0.1, 0.15) is 11.9 Å². The molecule has 7 nitrogen and oxygen atoms in total. The van der Waals surface area contributed by atoms with Gasteiger partial charge in [-0.15, -0.1) is 24.8 Å². The Morgan fingerprint density at radius 3 is 2.60 bits per heavy atom. The van der Waals surface area contributed by atoms with Crippen LogP contribution in [0, 0.1) is 0 Å². The lowest BCUT2D eigenvalue weighted by Gasteiger charge is -2.17. The number of aromatic nitrogens is 4. The first kappa shape index (κ1) is 21.0. The maximum Gasteiger partial charge on any atom is 0.242 e. The lowest BCUT2D eigenvalue weighted by molar-refractivity contribution is -0.123. The van der Waals surface area contributed by atoms with Crippen molar-refractivity contribution in [3.8, 4) is 0 Å². The first-order valence-electron chi connectivity index (χ1n) is 7.49. The number of amides is 1. The molecule has 0 fully saturated rings. The summed E-state index contributed by atoms with van der Waals surface area (Å²) in [6.45, 7) is 1.91. The van der Waals surface area contributed by atoms with Crippen molar-refractivity contribution in [2.24, 2.45) is 7.05 Å². The fourth-order valence-electron chi connectivity index (χ4n) is 2.58. The number of carbonyl (C=O) groups is 1. The molecule has 0 aliphatic rings. The van der Waals surface area contributed by atoms with E-state index < -0.39 is 6.04 Å². The van der Waals surface area contributed by atoms with Gasteiger partial charge in [0.05, 0.1) is 23.3 Å². The predicted octanol–water partition coefficient (Wildman–Crippen LogP) is 2.28. The lowest BCUT2D eigenvalue weighted by atomic mass is 10.1. The van der Waals surface area contributed by atoms with E-state index in [4.69, 9.17) is 0 Å². The number of likely N-dealkylation sites (N-methyl/N-ethyl adjacent to an activating group) is 1. The highest BCUT2D eigenvalue weighted by Crippen LogP contribution is 2.17. The Kier molecular flexibility index (Phi) is 7.41. The van der Waals surface area contributed by atoms with Crippen LogP contribution in [0.3, 0.4) is 0 Å². The zero-order valence-corrected chi connectivity index (χ0v) is 15.8. The highest BCUT2D eigenvalue weighted by atomic mass is 35.5. The average Bonchev–Trinajstić information content (AvgIpc) is 3.14. The van der Waals surface area contributed by atoms with Gasteiger partial charge in [0.15, 0.2) is 0 Å². The van der Waals surface area contributed by atoms with Gasteiger partial charge in [-0.05, 0) is 26.1 Å².